The van der Waals surface area contributed by atoms with Crippen LogP contribution in [0, 0.1) is 0 Å². The van der Waals surface area contributed by atoms with Gasteiger partial charge in [0.2, 0.25) is 0 Å². The first-order valence-electron chi connectivity index (χ1n) is 4.96. The standard InChI is InChI=1S/C10H19N3O.ClH/c1-9(2)13-8-10(7-12-13)6-11-4-5-14-3;/h7-9,11H,4-6H2,1-3H3;1H. The molecule has 0 aromatic carbocycles. The van der Waals surface area contributed by atoms with Gasteiger partial charge in [0.05, 0.1) is 12.8 Å². The van der Waals surface area contributed by atoms with Gasteiger partial charge in [0.1, 0.15) is 0 Å². The van der Waals surface area contributed by atoms with E-state index in [1.165, 1.54) is 5.56 Å². The fourth-order valence-electron chi connectivity index (χ4n) is 1.16. The molecule has 0 fully saturated rings. The Balaban J connectivity index is 0.00000196. The van der Waals surface area contributed by atoms with Gasteiger partial charge in [0.15, 0.2) is 0 Å². The second kappa shape index (κ2) is 7.68. The fourth-order valence-corrected chi connectivity index (χ4v) is 1.16. The molecule has 0 aliphatic rings. The second-order valence-electron chi connectivity index (χ2n) is 3.59. The first-order valence-corrected chi connectivity index (χ1v) is 4.96. The topological polar surface area (TPSA) is 39.1 Å². The van der Waals surface area contributed by atoms with Crippen LogP contribution in [0.25, 0.3) is 0 Å². The molecule has 1 N–H and O–H groups in total. The third kappa shape index (κ3) is 5.16. The van der Waals surface area contributed by atoms with Crippen molar-refractivity contribution in [1.29, 1.82) is 0 Å². The van der Waals surface area contributed by atoms with Crippen molar-refractivity contribution < 1.29 is 4.74 Å². The lowest BCUT2D eigenvalue weighted by Gasteiger charge is -2.03. The van der Waals surface area contributed by atoms with Crippen LogP contribution in [0.5, 0.6) is 0 Å². The first kappa shape index (κ1) is 14.4. The van der Waals surface area contributed by atoms with Crippen molar-refractivity contribution in [2.45, 2.75) is 26.4 Å². The number of methoxy groups -OCH3 is 1. The zero-order valence-electron chi connectivity index (χ0n) is 9.56. The fraction of sp³-hybridized carbons (Fsp3) is 0.700. The van der Waals surface area contributed by atoms with Crippen molar-refractivity contribution in [1.82, 2.24) is 15.1 Å². The average Bonchev–Trinajstić information content (AvgIpc) is 2.61. The van der Waals surface area contributed by atoms with Crippen molar-refractivity contribution in [3.63, 3.8) is 0 Å². The van der Waals surface area contributed by atoms with Gasteiger partial charge < -0.3 is 10.1 Å². The van der Waals surface area contributed by atoms with E-state index >= 15 is 0 Å². The van der Waals surface area contributed by atoms with Crippen molar-refractivity contribution >= 4 is 12.4 Å². The van der Waals surface area contributed by atoms with Crippen LogP contribution in [0.3, 0.4) is 0 Å². The van der Waals surface area contributed by atoms with Gasteiger partial charge in [-0.3, -0.25) is 4.68 Å². The zero-order valence-corrected chi connectivity index (χ0v) is 10.4. The van der Waals surface area contributed by atoms with Gasteiger partial charge in [-0.1, -0.05) is 0 Å². The van der Waals surface area contributed by atoms with E-state index in [0.29, 0.717) is 6.04 Å². The molecule has 1 aromatic rings. The summed E-state index contributed by atoms with van der Waals surface area (Å²) in [5.41, 5.74) is 1.22. The molecular formula is C10H20ClN3O. The Morgan fingerprint density at radius 2 is 2.27 bits per heavy atom. The normalized spacial score (nSPS) is 10.4. The highest BCUT2D eigenvalue weighted by atomic mass is 35.5. The molecule has 0 saturated heterocycles. The summed E-state index contributed by atoms with van der Waals surface area (Å²) in [4.78, 5) is 0. The van der Waals surface area contributed by atoms with Gasteiger partial charge in [-0.25, -0.2) is 0 Å². The number of aromatic nitrogens is 2. The number of rotatable bonds is 6. The minimum Gasteiger partial charge on any atom is -0.383 e. The molecule has 0 bridgehead atoms. The third-order valence-electron chi connectivity index (χ3n) is 2.00. The summed E-state index contributed by atoms with van der Waals surface area (Å²) in [6.45, 7) is 6.72. The molecule has 5 heteroatoms. The highest BCUT2D eigenvalue weighted by Gasteiger charge is 2.00. The van der Waals surface area contributed by atoms with E-state index in [1.807, 2.05) is 10.9 Å². The maximum atomic E-state index is 4.94. The summed E-state index contributed by atoms with van der Waals surface area (Å²) in [5, 5.41) is 7.54. The highest BCUT2D eigenvalue weighted by molar-refractivity contribution is 5.85. The average molecular weight is 234 g/mol. The molecule has 1 rings (SSSR count). The predicted molar refractivity (Wildman–Crippen MR) is 63.4 cm³/mol. The summed E-state index contributed by atoms with van der Waals surface area (Å²) < 4.78 is 6.91. The molecule has 0 saturated carbocycles. The molecule has 0 amide bonds. The number of halogens is 1. The lowest BCUT2D eigenvalue weighted by atomic mass is 10.3. The molecule has 15 heavy (non-hydrogen) atoms. The van der Waals surface area contributed by atoms with Crippen LogP contribution in [-0.4, -0.2) is 30.0 Å². The number of hydrogen-bond donors (Lipinski definition) is 1. The van der Waals surface area contributed by atoms with Gasteiger partial charge in [-0.05, 0) is 13.8 Å². The van der Waals surface area contributed by atoms with Crippen LogP contribution < -0.4 is 5.32 Å². The van der Waals surface area contributed by atoms with Crippen LogP contribution >= 0.6 is 12.4 Å². The molecule has 0 radical (unpaired) electrons. The SMILES string of the molecule is COCCNCc1cnn(C(C)C)c1.Cl. The molecular weight excluding hydrogens is 214 g/mol. The van der Waals surface area contributed by atoms with Crippen molar-refractivity contribution in [3.05, 3.63) is 18.0 Å². The van der Waals surface area contributed by atoms with Gasteiger partial charge >= 0.3 is 0 Å². The number of nitrogens with zero attached hydrogens (tertiary/aromatic N) is 2. The molecule has 0 unspecified atom stereocenters. The Hall–Kier alpha value is -0.580. The predicted octanol–water partition coefficient (Wildman–Crippen LogP) is 1.62. The molecule has 1 aromatic heterocycles. The summed E-state index contributed by atoms with van der Waals surface area (Å²) >= 11 is 0. The third-order valence-corrected chi connectivity index (χ3v) is 2.00. The smallest absolute Gasteiger partial charge is 0.0587 e. The molecule has 0 aliphatic carbocycles. The maximum absolute atomic E-state index is 4.94. The van der Waals surface area contributed by atoms with E-state index in [-0.39, 0.29) is 12.4 Å². The molecule has 4 nitrogen and oxygen atoms in total. The summed E-state index contributed by atoms with van der Waals surface area (Å²) in [7, 11) is 1.71. The van der Waals surface area contributed by atoms with E-state index < -0.39 is 0 Å². The Kier molecular flexibility index (Phi) is 7.38. The molecule has 1 heterocycles. The summed E-state index contributed by atoms with van der Waals surface area (Å²) in [5.74, 6) is 0. The monoisotopic (exact) mass is 233 g/mol. The van der Waals surface area contributed by atoms with E-state index in [1.54, 1.807) is 7.11 Å². The van der Waals surface area contributed by atoms with Crippen LogP contribution in [0.15, 0.2) is 12.4 Å². The van der Waals surface area contributed by atoms with Crippen molar-refractivity contribution in [3.8, 4) is 0 Å². The molecule has 0 atom stereocenters. The quantitative estimate of drug-likeness (QED) is 0.759. The second-order valence-corrected chi connectivity index (χ2v) is 3.59. The van der Waals surface area contributed by atoms with Gasteiger partial charge in [-0.2, -0.15) is 5.10 Å². The Bertz CT molecular complexity index is 263. The minimum atomic E-state index is 0. The maximum Gasteiger partial charge on any atom is 0.0587 e. The number of ether oxygens (including phenoxy) is 1. The van der Waals surface area contributed by atoms with Crippen LogP contribution in [-0.2, 0) is 11.3 Å². The Morgan fingerprint density at radius 1 is 1.53 bits per heavy atom. The van der Waals surface area contributed by atoms with E-state index in [9.17, 15) is 0 Å². The largest absolute Gasteiger partial charge is 0.383 e. The zero-order chi connectivity index (χ0) is 10.4. The Morgan fingerprint density at radius 3 is 2.80 bits per heavy atom. The van der Waals surface area contributed by atoms with Crippen LogP contribution in [0.4, 0.5) is 0 Å². The minimum absolute atomic E-state index is 0. The lowest BCUT2D eigenvalue weighted by molar-refractivity contribution is 0.199. The summed E-state index contributed by atoms with van der Waals surface area (Å²) in [6, 6.07) is 0.433. The number of nitrogens with one attached hydrogen (secondary N) is 1. The number of hydrogen-bond acceptors (Lipinski definition) is 3. The van der Waals surface area contributed by atoms with Gasteiger partial charge in [-0.15, -0.1) is 12.4 Å². The van der Waals surface area contributed by atoms with E-state index in [2.05, 4.69) is 30.5 Å². The van der Waals surface area contributed by atoms with Gasteiger partial charge in [0, 0.05) is 38.0 Å². The summed E-state index contributed by atoms with van der Waals surface area (Å²) in [6.07, 6.45) is 3.98. The molecule has 88 valence electrons. The molecule has 0 aliphatic heterocycles. The van der Waals surface area contributed by atoms with Crippen LogP contribution in [0.1, 0.15) is 25.5 Å². The van der Waals surface area contributed by atoms with E-state index in [0.717, 1.165) is 19.7 Å². The van der Waals surface area contributed by atoms with Gasteiger partial charge in [0.25, 0.3) is 0 Å². The Labute approximate surface area is 97.4 Å². The van der Waals surface area contributed by atoms with Crippen molar-refractivity contribution in [2.24, 2.45) is 0 Å². The lowest BCUT2D eigenvalue weighted by Crippen LogP contribution is -2.18. The molecule has 0 spiro atoms. The van der Waals surface area contributed by atoms with Crippen molar-refractivity contribution in [2.75, 3.05) is 20.3 Å². The van der Waals surface area contributed by atoms with E-state index in [4.69, 9.17) is 4.74 Å². The first-order chi connectivity index (χ1) is 6.74. The highest BCUT2D eigenvalue weighted by Crippen LogP contribution is 2.04. The van der Waals surface area contributed by atoms with Crippen LogP contribution in [0.2, 0.25) is 0 Å².